The maximum atomic E-state index is 12.2. The Kier molecular flexibility index (Phi) is 6.63. The first kappa shape index (κ1) is 18.6. The van der Waals surface area contributed by atoms with Crippen LogP contribution in [0.15, 0.2) is 60.7 Å². The summed E-state index contributed by atoms with van der Waals surface area (Å²) in [6, 6.07) is 19.4. The van der Waals surface area contributed by atoms with Crippen molar-refractivity contribution >= 4 is 17.5 Å². The molecular formula is C21H22O4. The van der Waals surface area contributed by atoms with E-state index in [1.807, 2.05) is 60.7 Å². The van der Waals surface area contributed by atoms with Gasteiger partial charge >= 0.3 is 5.97 Å². The number of rotatable bonds is 9. The van der Waals surface area contributed by atoms with E-state index in [0.717, 1.165) is 11.1 Å². The van der Waals surface area contributed by atoms with Crippen LogP contribution in [-0.2, 0) is 20.8 Å². The zero-order valence-electron chi connectivity index (χ0n) is 14.2. The third-order valence-corrected chi connectivity index (χ3v) is 4.23. The van der Waals surface area contributed by atoms with Crippen LogP contribution in [0.3, 0.4) is 0 Å². The van der Waals surface area contributed by atoms with Gasteiger partial charge in [0.05, 0.1) is 6.42 Å². The van der Waals surface area contributed by atoms with E-state index >= 15 is 0 Å². The molecule has 130 valence electrons. The number of carbonyl (C=O) groups excluding carboxylic acids is 2. The highest BCUT2D eigenvalue weighted by molar-refractivity contribution is 6.06. The molecule has 0 fully saturated rings. The van der Waals surface area contributed by atoms with Gasteiger partial charge in [0, 0.05) is 0 Å². The lowest BCUT2D eigenvalue weighted by molar-refractivity contribution is -0.147. The van der Waals surface area contributed by atoms with Gasteiger partial charge in [0.2, 0.25) is 0 Å². The Labute approximate surface area is 147 Å². The van der Waals surface area contributed by atoms with Crippen molar-refractivity contribution in [3.05, 3.63) is 71.8 Å². The summed E-state index contributed by atoms with van der Waals surface area (Å²) in [4.78, 5) is 35.0. The lowest BCUT2D eigenvalue weighted by Crippen LogP contribution is -2.27. The summed E-state index contributed by atoms with van der Waals surface area (Å²) >= 11 is 0. The van der Waals surface area contributed by atoms with E-state index in [2.05, 4.69) is 0 Å². The minimum atomic E-state index is -1.17. The molecule has 0 aromatic heterocycles. The number of ketones is 2. The van der Waals surface area contributed by atoms with Crippen molar-refractivity contribution in [2.24, 2.45) is 5.92 Å². The number of hydrogen-bond donors (Lipinski definition) is 1. The molecule has 0 bridgehead atoms. The van der Waals surface area contributed by atoms with Crippen molar-refractivity contribution in [2.75, 3.05) is 0 Å². The summed E-state index contributed by atoms with van der Waals surface area (Å²) in [5, 5.41) is 9.49. The number of carbonyl (C=O) groups is 3. The van der Waals surface area contributed by atoms with Crippen LogP contribution >= 0.6 is 0 Å². The molecule has 0 aliphatic carbocycles. The highest BCUT2D eigenvalue weighted by Gasteiger charge is 2.30. The van der Waals surface area contributed by atoms with Gasteiger partial charge in [-0.15, -0.1) is 0 Å². The van der Waals surface area contributed by atoms with E-state index in [1.165, 1.54) is 6.92 Å². The molecule has 0 radical (unpaired) electrons. The van der Waals surface area contributed by atoms with Gasteiger partial charge < -0.3 is 5.11 Å². The molecule has 2 aromatic carbocycles. The Balaban J connectivity index is 2.26. The van der Waals surface area contributed by atoms with Crippen LogP contribution in [0.5, 0.6) is 0 Å². The van der Waals surface area contributed by atoms with Crippen molar-refractivity contribution in [2.45, 2.75) is 32.1 Å². The molecule has 2 unspecified atom stereocenters. The first-order chi connectivity index (χ1) is 12.0. The molecule has 2 rings (SSSR count). The molecule has 0 aliphatic heterocycles. The Morgan fingerprint density at radius 3 is 2.00 bits per heavy atom. The summed E-state index contributed by atoms with van der Waals surface area (Å²) in [6.07, 6.45) is 0.492. The van der Waals surface area contributed by atoms with Gasteiger partial charge in [-0.05, 0) is 36.8 Å². The normalized spacial score (nSPS) is 13.0. The molecule has 1 N–H and O–H groups in total. The van der Waals surface area contributed by atoms with Crippen LogP contribution in [-0.4, -0.2) is 22.6 Å². The molecule has 0 saturated carbocycles. The molecule has 2 aromatic rings. The average Bonchev–Trinajstić information content (AvgIpc) is 2.59. The molecule has 2 atom stereocenters. The maximum Gasteiger partial charge on any atom is 0.314 e. The Hall–Kier alpha value is -2.75. The van der Waals surface area contributed by atoms with E-state index in [9.17, 15) is 19.5 Å². The first-order valence-corrected chi connectivity index (χ1v) is 8.31. The Morgan fingerprint density at radius 2 is 1.48 bits per heavy atom. The van der Waals surface area contributed by atoms with Gasteiger partial charge in [0.15, 0.2) is 5.78 Å². The van der Waals surface area contributed by atoms with Crippen LogP contribution < -0.4 is 0 Å². The van der Waals surface area contributed by atoms with Crippen molar-refractivity contribution in [1.29, 1.82) is 0 Å². The van der Waals surface area contributed by atoms with Gasteiger partial charge in [-0.3, -0.25) is 14.4 Å². The predicted octanol–water partition coefficient (Wildman–Crippen LogP) is 3.65. The molecule has 0 saturated heterocycles. The van der Waals surface area contributed by atoms with Crippen LogP contribution in [0.25, 0.3) is 0 Å². The quantitative estimate of drug-likeness (QED) is 0.708. The number of carboxylic acids is 1. The van der Waals surface area contributed by atoms with E-state index < -0.39 is 17.7 Å². The zero-order chi connectivity index (χ0) is 18.2. The summed E-state index contributed by atoms with van der Waals surface area (Å²) in [7, 11) is 0. The second kappa shape index (κ2) is 8.92. The zero-order valence-corrected chi connectivity index (χ0v) is 14.2. The van der Waals surface area contributed by atoms with E-state index in [0.29, 0.717) is 6.42 Å². The van der Waals surface area contributed by atoms with Crippen LogP contribution in [0.2, 0.25) is 0 Å². The van der Waals surface area contributed by atoms with E-state index in [1.54, 1.807) is 0 Å². The van der Waals surface area contributed by atoms with Crippen molar-refractivity contribution in [3.63, 3.8) is 0 Å². The lowest BCUT2D eigenvalue weighted by Gasteiger charge is -2.21. The van der Waals surface area contributed by atoms with Gasteiger partial charge in [0.1, 0.15) is 11.7 Å². The van der Waals surface area contributed by atoms with Gasteiger partial charge in [-0.1, -0.05) is 60.7 Å². The fourth-order valence-corrected chi connectivity index (χ4v) is 2.98. The predicted molar refractivity (Wildman–Crippen MR) is 95.4 cm³/mol. The standard InChI is InChI=1S/C21H22O4/c1-15(22)12-20(23)19(21(24)25)14-18(17-10-6-3-7-11-17)13-16-8-4-2-5-9-16/h2-11,18-19H,12-14H2,1H3,(H,24,25). The monoisotopic (exact) mass is 338 g/mol. The number of Topliss-reactive ketones (excluding diaryl/α,β-unsaturated/α-hetero) is 2. The van der Waals surface area contributed by atoms with Crippen molar-refractivity contribution in [1.82, 2.24) is 0 Å². The van der Waals surface area contributed by atoms with Crippen LogP contribution in [0.1, 0.15) is 36.8 Å². The molecule has 25 heavy (non-hydrogen) atoms. The summed E-state index contributed by atoms with van der Waals surface area (Å²) in [5.41, 5.74) is 2.08. The average molecular weight is 338 g/mol. The number of hydrogen-bond acceptors (Lipinski definition) is 3. The minimum Gasteiger partial charge on any atom is -0.481 e. The Bertz CT molecular complexity index is 722. The molecule has 0 heterocycles. The first-order valence-electron chi connectivity index (χ1n) is 8.31. The van der Waals surface area contributed by atoms with Crippen molar-refractivity contribution in [3.8, 4) is 0 Å². The van der Waals surface area contributed by atoms with Gasteiger partial charge in [0.25, 0.3) is 0 Å². The SMILES string of the molecule is CC(=O)CC(=O)C(CC(Cc1ccccc1)c1ccccc1)C(=O)O. The fourth-order valence-electron chi connectivity index (χ4n) is 2.98. The number of carboxylic acid groups (broad SMARTS) is 1. The molecule has 0 aliphatic rings. The summed E-state index contributed by atoms with van der Waals surface area (Å²) < 4.78 is 0. The molecular weight excluding hydrogens is 316 g/mol. The van der Waals surface area contributed by atoms with Gasteiger partial charge in [-0.25, -0.2) is 0 Å². The van der Waals surface area contributed by atoms with Gasteiger partial charge in [-0.2, -0.15) is 0 Å². The van der Waals surface area contributed by atoms with Crippen LogP contribution in [0.4, 0.5) is 0 Å². The number of benzene rings is 2. The number of aliphatic carboxylic acids is 1. The third kappa shape index (κ3) is 5.68. The molecule has 0 spiro atoms. The third-order valence-electron chi connectivity index (χ3n) is 4.23. The molecule has 0 amide bonds. The van der Waals surface area contributed by atoms with Crippen LogP contribution in [0, 0.1) is 5.92 Å². The van der Waals surface area contributed by atoms with E-state index in [4.69, 9.17) is 0 Å². The van der Waals surface area contributed by atoms with Crippen molar-refractivity contribution < 1.29 is 19.5 Å². The lowest BCUT2D eigenvalue weighted by atomic mass is 9.82. The second-order valence-electron chi connectivity index (χ2n) is 6.27. The summed E-state index contributed by atoms with van der Waals surface area (Å²) in [5.74, 6) is -3.27. The van der Waals surface area contributed by atoms with E-state index in [-0.39, 0.29) is 24.5 Å². The second-order valence-corrected chi connectivity index (χ2v) is 6.27. The minimum absolute atomic E-state index is 0.111. The molecule has 4 nitrogen and oxygen atoms in total. The highest BCUT2D eigenvalue weighted by Crippen LogP contribution is 2.29. The Morgan fingerprint density at radius 1 is 0.920 bits per heavy atom. The molecule has 4 heteroatoms. The summed E-state index contributed by atoms with van der Waals surface area (Å²) in [6.45, 7) is 1.30. The fraction of sp³-hybridized carbons (Fsp3) is 0.286. The largest absolute Gasteiger partial charge is 0.481 e. The smallest absolute Gasteiger partial charge is 0.314 e. The maximum absolute atomic E-state index is 12.2. The highest BCUT2D eigenvalue weighted by atomic mass is 16.4. The topological polar surface area (TPSA) is 71.4 Å².